The van der Waals surface area contributed by atoms with E-state index in [2.05, 4.69) is 67.8 Å². The summed E-state index contributed by atoms with van der Waals surface area (Å²) in [5.74, 6) is 0. The van der Waals surface area contributed by atoms with Gasteiger partial charge in [0.2, 0.25) is 0 Å². The van der Waals surface area contributed by atoms with Gasteiger partial charge in [0.15, 0.2) is 0 Å². The minimum atomic E-state index is -0.689. The van der Waals surface area contributed by atoms with Crippen molar-refractivity contribution < 1.29 is 0 Å². The van der Waals surface area contributed by atoms with Crippen LogP contribution in [-0.2, 0) is 0 Å². The number of benzene rings is 1. The molecule has 0 aliphatic rings. The Morgan fingerprint density at radius 3 is 2.15 bits per heavy atom. The second-order valence-electron chi connectivity index (χ2n) is 7.96. The van der Waals surface area contributed by atoms with Gasteiger partial charge in [-0.05, 0) is 0 Å². The van der Waals surface area contributed by atoms with Gasteiger partial charge >= 0.3 is 175 Å². The number of aromatic nitrogens is 2. The normalized spacial score (nSPS) is 12.3. The van der Waals surface area contributed by atoms with Gasteiger partial charge in [0.25, 0.3) is 0 Å². The molecule has 0 saturated heterocycles. The Labute approximate surface area is 175 Å². The number of rotatable bonds is 11. The van der Waals surface area contributed by atoms with E-state index in [9.17, 15) is 0 Å². The Kier molecular flexibility index (Phi) is 7.63. The first-order valence-corrected chi connectivity index (χ1v) is 13.7. The van der Waals surface area contributed by atoms with Crippen LogP contribution in [0.15, 0.2) is 42.6 Å². The second-order valence-corrected chi connectivity index (χ2v) is 13.3. The van der Waals surface area contributed by atoms with E-state index in [1.165, 1.54) is 63.3 Å². The summed E-state index contributed by atoms with van der Waals surface area (Å²) >= 11 is -0.689. The third kappa shape index (κ3) is 5.07. The van der Waals surface area contributed by atoms with Crippen LogP contribution in [0.25, 0.3) is 16.7 Å². The molecule has 0 amide bonds. The monoisotopic (exact) mass is 470 g/mol. The second kappa shape index (κ2) is 9.95. The summed E-state index contributed by atoms with van der Waals surface area (Å²) in [7, 11) is 0. The Bertz CT molecular complexity index is 830. The molecule has 0 saturated carbocycles. The van der Waals surface area contributed by atoms with E-state index in [4.69, 9.17) is 4.98 Å². The van der Waals surface area contributed by atoms with Gasteiger partial charge in [-0.1, -0.05) is 0 Å². The summed E-state index contributed by atoms with van der Waals surface area (Å²) in [5.41, 5.74) is 3.46. The maximum absolute atomic E-state index is 4.88. The van der Waals surface area contributed by atoms with E-state index in [1.54, 1.807) is 3.58 Å². The SMILES string of the molecule is CCCC[C](CCCC)(CCCC)[Sn][c]1ccn2c(c1)nc1ccccc12. The molecule has 3 heteroatoms. The number of para-hydroxylation sites is 2. The van der Waals surface area contributed by atoms with Crippen molar-refractivity contribution in [2.75, 3.05) is 0 Å². The van der Waals surface area contributed by atoms with E-state index >= 15 is 0 Å². The number of hydrogen-bond acceptors (Lipinski definition) is 1. The Morgan fingerprint density at radius 1 is 0.889 bits per heavy atom. The summed E-state index contributed by atoms with van der Waals surface area (Å²) in [5, 5.41) is 0. The predicted octanol–water partition coefficient (Wildman–Crippen LogP) is 6.55. The van der Waals surface area contributed by atoms with Gasteiger partial charge < -0.3 is 0 Å². The molecule has 2 aromatic heterocycles. The van der Waals surface area contributed by atoms with Crippen molar-refractivity contribution in [2.45, 2.75) is 82.0 Å². The van der Waals surface area contributed by atoms with Crippen LogP contribution in [0.2, 0.25) is 3.43 Å². The van der Waals surface area contributed by atoms with Crippen molar-refractivity contribution in [3.05, 3.63) is 42.6 Å². The maximum atomic E-state index is 4.88. The van der Waals surface area contributed by atoms with Crippen LogP contribution >= 0.6 is 0 Å². The molecule has 0 bridgehead atoms. The molecule has 3 rings (SSSR count). The van der Waals surface area contributed by atoms with Crippen molar-refractivity contribution in [1.82, 2.24) is 9.38 Å². The Morgan fingerprint density at radius 2 is 1.52 bits per heavy atom. The zero-order valence-corrected chi connectivity index (χ0v) is 20.2. The van der Waals surface area contributed by atoms with Gasteiger partial charge in [0.05, 0.1) is 0 Å². The molecule has 1 aromatic carbocycles. The minimum absolute atomic E-state index is 0.635. The number of imidazole rings is 1. The molecular weight excluding hydrogens is 435 g/mol. The van der Waals surface area contributed by atoms with Crippen LogP contribution < -0.4 is 3.58 Å². The molecule has 0 atom stereocenters. The van der Waals surface area contributed by atoms with Crippen LogP contribution in [-0.4, -0.2) is 30.5 Å². The first kappa shape index (κ1) is 20.7. The molecule has 2 heterocycles. The first-order chi connectivity index (χ1) is 13.2. The molecule has 0 aliphatic carbocycles. The topological polar surface area (TPSA) is 17.3 Å². The molecule has 3 aromatic rings. The molecule has 0 aliphatic heterocycles. The molecule has 0 N–H and O–H groups in total. The van der Waals surface area contributed by atoms with E-state index in [-0.39, 0.29) is 0 Å². The van der Waals surface area contributed by atoms with Crippen LogP contribution in [0.4, 0.5) is 0 Å². The summed E-state index contributed by atoms with van der Waals surface area (Å²) in [6, 6.07) is 13.3. The average Bonchev–Trinajstić information content (AvgIpc) is 3.06. The fraction of sp³-hybridized carbons (Fsp3) is 0.542. The molecule has 27 heavy (non-hydrogen) atoms. The van der Waals surface area contributed by atoms with Crippen molar-refractivity contribution in [3.63, 3.8) is 0 Å². The standard InChI is InChI=1S/C13H27.C11H7N2.Sn/c1-4-7-10-13(11-8-5-2)12-9-6-3;1-2-6-10-9(5-1)12-11-7-3-4-8-13(10)11;/h4-12H2,1-3H3;1-2,4-8H;. The summed E-state index contributed by atoms with van der Waals surface area (Å²) in [6.45, 7) is 7.03. The molecule has 2 nitrogen and oxygen atoms in total. The van der Waals surface area contributed by atoms with E-state index < -0.39 is 21.1 Å². The Hall–Kier alpha value is -1.03. The van der Waals surface area contributed by atoms with Crippen molar-refractivity contribution >= 4 is 41.4 Å². The first-order valence-electron chi connectivity index (χ1n) is 10.9. The fourth-order valence-electron chi connectivity index (χ4n) is 4.16. The average molecular weight is 469 g/mol. The summed E-state index contributed by atoms with van der Waals surface area (Å²) < 4.78 is 4.52. The number of pyridine rings is 1. The number of fused-ring (bicyclic) bond motifs is 3. The van der Waals surface area contributed by atoms with Gasteiger partial charge in [0, 0.05) is 0 Å². The van der Waals surface area contributed by atoms with Crippen LogP contribution in [0, 0.1) is 0 Å². The zero-order chi connectivity index (χ0) is 19.1. The van der Waals surface area contributed by atoms with Crippen LogP contribution in [0.1, 0.15) is 78.6 Å². The van der Waals surface area contributed by atoms with Crippen LogP contribution in [0.3, 0.4) is 0 Å². The van der Waals surface area contributed by atoms with Gasteiger partial charge in [-0.3, -0.25) is 0 Å². The quantitative estimate of drug-likeness (QED) is 0.292. The molecular formula is C24H34N2Sn. The van der Waals surface area contributed by atoms with Crippen LogP contribution in [0.5, 0.6) is 0 Å². The van der Waals surface area contributed by atoms with E-state index in [0.717, 1.165) is 11.2 Å². The molecule has 0 unspecified atom stereocenters. The zero-order valence-electron chi connectivity index (χ0n) is 17.3. The molecule has 2 radical (unpaired) electrons. The van der Waals surface area contributed by atoms with Crippen molar-refractivity contribution in [3.8, 4) is 0 Å². The molecule has 144 valence electrons. The number of nitrogens with zero attached hydrogens (tertiary/aromatic N) is 2. The van der Waals surface area contributed by atoms with Crippen molar-refractivity contribution in [2.24, 2.45) is 0 Å². The fourth-order valence-corrected chi connectivity index (χ4v) is 9.51. The van der Waals surface area contributed by atoms with Gasteiger partial charge in [-0.25, -0.2) is 0 Å². The predicted molar refractivity (Wildman–Crippen MR) is 119 cm³/mol. The number of hydrogen-bond donors (Lipinski definition) is 0. The summed E-state index contributed by atoms with van der Waals surface area (Å²) in [6.07, 6.45) is 14.7. The Balaban J connectivity index is 1.91. The molecule has 0 fully saturated rings. The summed E-state index contributed by atoms with van der Waals surface area (Å²) in [4.78, 5) is 4.88. The van der Waals surface area contributed by atoms with Gasteiger partial charge in [0.1, 0.15) is 0 Å². The van der Waals surface area contributed by atoms with Gasteiger partial charge in [-0.2, -0.15) is 0 Å². The number of unbranched alkanes of at least 4 members (excludes halogenated alkanes) is 3. The van der Waals surface area contributed by atoms with E-state index in [1.807, 2.05) is 0 Å². The third-order valence-corrected chi connectivity index (χ3v) is 11.1. The van der Waals surface area contributed by atoms with E-state index in [0.29, 0.717) is 3.43 Å². The van der Waals surface area contributed by atoms with Gasteiger partial charge in [-0.15, -0.1) is 0 Å². The molecule has 0 spiro atoms. The van der Waals surface area contributed by atoms with Crippen molar-refractivity contribution in [1.29, 1.82) is 0 Å². The third-order valence-electron chi connectivity index (χ3n) is 5.75.